The molecule has 0 fully saturated rings. The third-order valence-electron chi connectivity index (χ3n) is 4.47. The van der Waals surface area contributed by atoms with Crippen molar-refractivity contribution in [2.24, 2.45) is 0 Å². The van der Waals surface area contributed by atoms with Crippen LogP contribution in [0, 0.1) is 0 Å². The summed E-state index contributed by atoms with van der Waals surface area (Å²) < 4.78 is 27.8. The van der Waals surface area contributed by atoms with Gasteiger partial charge in [-0.3, -0.25) is 15.2 Å². The summed E-state index contributed by atoms with van der Waals surface area (Å²) in [6.07, 6.45) is 1.37. The fourth-order valence-corrected chi connectivity index (χ4v) is 5.32. The Morgan fingerprint density at radius 2 is 1.97 bits per heavy atom. The normalized spacial score (nSPS) is 11.2. The molecule has 4 aromatic rings. The lowest BCUT2D eigenvalue weighted by molar-refractivity contribution is 0.256. The summed E-state index contributed by atoms with van der Waals surface area (Å²) in [5.74, 6) is 0.0946. The van der Waals surface area contributed by atoms with Crippen LogP contribution >= 0.6 is 22.9 Å². The van der Waals surface area contributed by atoms with Crippen LogP contribution in [0.4, 0.5) is 16.3 Å². The lowest BCUT2D eigenvalue weighted by Crippen LogP contribution is -2.34. The Bertz CT molecular complexity index is 1470. The third kappa shape index (κ3) is 5.08. The minimum Gasteiger partial charge on any atom is -0.388 e. The number of nitrogens with one attached hydrogen (secondary N) is 4. The minimum atomic E-state index is -4.05. The van der Waals surface area contributed by atoms with E-state index in [1.807, 2.05) is 36.0 Å². The maximum atomic E-state index is 12.5. The summed E-state index contributed by atoms with van der Waals surface area (Å²) in [6, 6.07) is 13.8. The Morgan fingerprint density at radius 1 is 1.15 bits per heavy atom. The number of thiophene rings is 1. The van der Waals surface area contributed by atoms with Crippen LogP contribution in [0.15, 0.2) is 69.8 Å². The van der Waals surface area contributed by atoms with Crippen LogP contribution in [-0.2, 0) is 10.0 Å². The van der Waals surface area contributed by atoms with Gasteiger partial charge in [0.05, 0.1) is 21.9 Å². The molecule has 13 heteroatoms. The third-order valence-corrected chi connectivity index (χ3v) is 7.52. The van der Waals surface area contributed by atoms with Crippen molar-refractivity contribution < 1.29 is 13.2 Å². The predicted molar refractivity (Wildman–Crippen MR) is 128 cm³/mol. The number of aromatic nitrogens is 3. The maximum Gasteiger partial charge on any atom is 0.334 e. The molecule has 4 N–H and O–H groups in total. The van der Waals surface area contributed by atoms with Gasteiger partial charge in [-0.05, 0) is 36.4 Å². The van der Waals surface area contributed by atoms with Crippen LogP contribution < -0.4 is 20.9 Å². The van der Waals surface area contributed by atoms with Crippen molar-refractivity contribution in [2.75, 3.05) is 17.7 Å². The number of benzene rings is 1. The Kier molecular flexibility index (Phi) is 6.22. The average molecular weight is 505 g/mol. The molecule has 10 nitrogen and oxygen atoms in total. The first-order valence-corrected chi connectivity index (χ1v) is 12.1. The molecule has 0 spiro atoms. The van der Waals surface area contributed by atoms with Crippen LogP contribution in [0.5, 0.6) is 0 Å². The fourth-order valence-electron chi connectivity index (χ4n) is 2.93. The number of pyridine rings is 1. The lowest BCUT2D eigenvalue weighted by Gasteiger charge is -2.08. The number of anilines is 2. The smallest absolute Gasteiger partial charge is 0.334 e. The zero-order valence-corrected chi connectivity index (χ0v) is 19.4. The van der Waals surface area contributed by atoms with Crippen LogP contribution in [0.3, 0.4) is 0 Å². The largest absolute Gasteiger partial charge is 0.388 e. The number of halogens is 1. The molecular weight excluding hydrogens is 488 g/mol. The van der Waals surface area contributed by atoms with Gasteiger partial charge in [0, 0.05) is 24.4 Å². The summed E-state index contributed by atoms with van der Waals surface area (Å²) in [4.78, 5) is 28.6. The van der Waals surface area contributed by atoms with Crippen molar-refractivity contribution in [3.63, 3.8) is 0 Å². The summed E-state index contributed by atoms with van der Waals surface area (Å²) in [5.41, 5.74) is 2.50. The first kappa shape index (κ1) is 22.6. The van der Waals surface area contributed by atoms with Gasteiger partial charge in [-0.1, -0.05) is 23.7 Å². The van der Waals surface area contributed by atoms with E-state index in [-0.39, 0.29) is 19.9 Å². The molecule has 0 atom stereocenters. The molecule has 0 unspecified atom stereocenters. The monoisotopic (exact) mass is 504 g/mol. The van der Waals surface area contributed by atoms with E-state index in [0.717, 1.165) is 22.6 Å². The van der Waals surface area contributed by atoms with Crippen molar-refractivity contribution in [2.45, 2.75) is 4.21 Å². The van der Waals surface area contributed by atoms with Crippen molar-refractivity contribution in [3.05, 3.63) is 75.5 Å². The zero-order chi connectivity index (χ0) is 23.6. The Morgan fingerprint density at radius 3 is 2.64 bits per heavy atom. The van der Waals surface area contributed by atoms with Gasteiger partial charge >= 0.3 is 6.03 Å². The molecule has 0 aliphatic heterocycles. The molecule has 0 bridgehead atoms. The highest BCUT2D eigenvalue weighted by Crippen LogP contribution is 2.25. The number of nitrogens with zero attached hydrogens (tertiary/aromatic N) is 2. The van der Waals surface area contributed by atoms with Gasteiger partial charge in [-0.25, -0.2) is 27.6 Å². The van der Waals surface area contributed by atoms with E-state index in [4.69, 9.17) is 11.6 Å². The minimum absolute atomic E-state index is 0.0897. The van der Waals surface area contributed by atoms with E-state index in [0.29, 0.717) is 11.4 Å². The molecule has 2 amide bonds. The van der Waals surface area contributed by atoms with E-state index in [2.05, 4.69) is 20.7 Å². The number of hydrogen-bond donors (Lipinski definition) is 4. The molecular formula is C20H17ClN6O4S2. The van der Waals surface area contributed by atoms with Gasteiger partial charge in [0.1, 0.15) is 10.0 Å². The van der Waals surface area contributed by atoms with Gasteiger partial charge < -0.3 is 5.32 Å². The van der Waals surface area contributed by atoms with Crippen LogP contribution in [0.1, 0.15) is 0 Å². The Labute approximate surface area is 197 Å². The Balaban J connectivity index is 1.48. The highest BCUT2D eigenvalue weighted by molar-refractivity contribution is 7.92. The highest BCUT2D eigenvalue weighted by atomic mass is 35.5. The van der Waals surface area contributed by atoms with Gasteiger partial charge in [0.2, 0.25) is 0 Å². The number of hydrogen-bond acceptors (Lipinski definition) is 7. The number of H-pyrrole nitrogens is 1. The molecule has 4 rings (SSSR count). The van der Waals surface area contributed by atoms with Gasteiger partial charge in [-0.2, -0.15) is 0 Å². The number of rotatable bonds is 6. The summed E-state index contributed by atoms with van der Waals surface area (Å²) in [5, 5.41) is 8.41. The molecule has 3 heterocycles. The average Bonchev–Trinajstić information content (AvgIpc) is 3.40. The summed E-state index contributed by atoms with van der Waals surface area (Å²) >= 11 is 6.57. The van der Waals surface area contributed by atoms with Crippen LogP contribution in [0.25, 0.3) is 16.9 Å². The second-order valence-electron chi connectivity index (χ2n) is 6.69. The second kappa shape index (κ2) is 9.10. The molecule has 0 aliphatic carbocycles. The highest BCUT2D eigenvalue weighted by Gasteiger charge is 2.20. The first-order valence-electron chi connectivity index (χ1n) is 9.41. The van der Waals surface area contributed by atoms with E-state index in [1.54, 1.807) is 6.07 Å². The molecule has 33 heavy (non-hydrogen) atoms. The fraction of sp³-hybridized carbons (Fsp3) is 0.0500. The van der Waals surface area contributed by atoms with Crippen molar-refractivity contribution in [1.29, 1.82) is 0 Å². The molecule has 1 aromatic carbocycles. The topological polar surface area (TPSA) is 138 Å². The van der Waals surface area contributed by atoms with E-state index >= 15 is 0 Å². The SMILES string of the molecule is CNc1cccc(-c2cc(=O)n(-c3ccc(NC(=O)NS(=O)(=O)c4ccc(Cl)s4)nc3)[nH]2)c1. The maximum absolute atomic E-state index is 12.5. The van der Waals surface area contributed by atoms with E-state index < -0.39 is 16.1 Å². The number of sulfonamides is 1. The Hall–Kier alpha value is -3.61. The number of amides is 2. The number of carbonyl (C=O) groups is 1. The van der Waals surface area contributed by atoms with Crippen molar-refractivity contribution >= 4 is 50.5 Å². The number of urea groups is 1. The first-order chi connectivity index (χ1) is 15.7. The molecule has 0 radical (unpaired) electrons. The van der Waals surface area contributed by atoms with Gasteiger partial charge in [0.15, 0.2) is 0 Å². The molecule has 0 aliphatic rings. The lowest BCUT2D eigenvalue weighted by atomic mass is 10.1. The number of carbonyl (C=O) groups excluding carboxylic acids is 1. The van der Waals surface area contributed by atoms with E-state index in [9.17, 15) is 18.0 Å². The molecule has 0 saturated carbocycles. The summed E-state index contributed by atoms with van der Waals surface area (Å²) in [6.45, 7) is 0. The molecule has 0 saturated heterocycles. The number of aromatic amines is 1. The quantitative estimate of drug-likeness (QED) is 0.317. The van der Waals surface area contributed by atoms with Crippen molar-refractivity contribution in [1.82, 2.24) is 19.5 Å². The zero-order valence-electron chi connectivity index (χ0n) is 17.0. The van der Waals surface area contributed by atoms with Gasteiger partial charge in [-0.15, -0.1) is 11.3 Å². The van der Waals surface area contributed by atoms with Crippen LogP contribution in [0.2, 0.25) is 4.34 Å². The molecule has 3 aromatic heterocycles. The van der Waals surface area contributed by atoms with Crippen LogP contribution in [-0.4, -0.2) is 36.3 Å². The predicted octanol–water partition coefficient (Wildman–Crippen LogP) is 3.49. The standard InChI is InChI=1S/C20H17ClN6O4S2/c1-22-13-4-2-3-12(9-13)15-10-18(28)27(25-15)14-5-7-17(23-11-14)24-20(29)26-33(30,31)19-8-6-16(21)32-19/h2-11,22,25H,1H3,(H2,23,24,26,29). The molecule has 170 valence electrons. The van der Waals surface area contributed by atoms with E-state index in [1.165, 1.54) is 35.1 Å². The summed E-state index contributed by atoms with van der Waals surface area (Å²) in [7, 11) is -2.25. The van der Waals surface area contributed by atoms with Crippen molar-refractivity contribution in [3.8, 4) is 16.9 Å². The second-order valence-corrected chi connectivity index (χ2v) is 10.3. The van der Waals surface area contributed by atoms with Gasteiger partial charge in [0.25, 0.3) is 15.6 Å².